The third-order valence-electron chi connectivity index (χ3n) is 1.17. The van der Waals surface area contributed by atoms with Gasteiger partial charge in [-0.1, -0.05) is 13.3 Å². The number of carboxylic acid groups (broad SMARTS) is 2. The Hall–Kier alpha value is -1.14. The highest BCUT2D eigenvalue weighted by Crippen LogP contribution is 1.94. The molecule has 0 saturated carbocycles. The second-order valence-electron chi connectivity index (χ2n) is 2.51. The van der Waals surface area contributed by atoms with E-state index in [9.17, 15) is 9.59 Å². The highest BCUT2D eigenvalue weighted by atomic mass is 16.4. The fourth-order valence-corrected chi connectivity index (χ4v) is 0.493. The average molecular weight is 208 g/mol. The molecule has 6 nitrogen and oxygen atoms in total. The summed E-state index contributed by atoms with van der Waals surface area (Å²) in [6.45, 7) is 1.56. The molecule has 0 aliphatic carbocycles. The molecule has 0 amide bonds. The van der Waals surface area contributed by atoms with Crippen LogP contribution in [0.15, 0.2) is 0 Å². The van der Waals surface area contributed by atoms with Gasteiger partial charge in [0.1, 0.15) is 0 Å². The van der Waals surface area contributed by atoms with E-state index in [1.165, 1.54) is 0 Å². The van der Waals surface area contributed by atoms with Gasteiger partial charge in [0.15, 0.2) is 6.10 Å². The highest BCUT2D eigenvalue weighted by Gasteiger charge is 2.09. The van der Waals surface area contributed by atoms with Crippen LogP contribution in [0.25, 0.3) is 0 Å². The van der Waals surface area contributed by atoms with Crippen molar-refractivity contribution in [3.05, 3.63) is 0 Å². The van der Waals surface area contributed by atoms with Crippen LogP contribution in [-0.4, -0.2) is 45.1 Å². The first-order valence-electron chi connectivity index (χ1n) is 4.19. The summed E-state index contributed by atoms with van der Waals surface area (Å²) >= 11 is 0. The minimum absolute atomic E-state index is 0.153. The summed E-state index contributed by atoms with van der Waals surface area (Å²) < 4.78 is 0. The molecule has 0 rings (SSSR count). The van der Waals surface area contributed by atoms with Crippen molar-refractivity contribution in [2.45, 2.75) is 32.3 Å². The molecule has 0 aliphatic heterocycles. The molecule has 0 saturated heterocycles. The lowest BCUT2D eigenvalue weighted by Gasteiger charge is -1.99. The van der Waals surface area contributed by atoms with E-state index in [0.29, 0.717) is 12.8 Å². The zero-order valence-electron chi connectivity index (χ0n) is 8.01. The van der Waals surface area contributed by atoms with Gasteiger partial charge in [-0.3, -0.25) is 4.79 Å². The van der Waals surface area contributed by atoms with Gasteiger partial charge < -0.3 is 20.4 Å². The zero-order chi connectivity index (χ0) is 11.6. The maximum Gasteiger partial charge on any atom is 0.332 e. The maximum atomic E-state index is 9.84. The van der Waals surface area contributed by atoms with Gasteiger partial charge in [0.2, 0.25) is 0 Å². The SMILES string of the molecule is CCCC(O)C(=O)O.O=C(O)CCO. The summed E-state index contributed by atoms with van der Waals surface area (Å²) in [5, 5.41) is 32.2. The van der Waals surface area contributed by atoms with Crippen LogP contribution in [-0.2, 0) is 9.59 Å². The predicted octanol–water partition coefficient (Wildman–Crippen LogP) is -0.315. The van der Waals surface area contributed by atoms with Gasteiger partial charge in [0.05, 0.1) is 13.0 Å². The van der Waals surface area contributed by atoms with Crippen molar-refractivity contribution in [3.8, 4) is 0 Å². The van der Waals surface area contributed by atoms with Crippen LogP contribution in [0.4, 0.5) is 0 Å². The summed E-state index contributed by atoms with van der Waals surface area (Å²) in [6.07, 6.45) is -0.275. The fraction of sp³-hybridized carbons (Fsp3) is 0.750. The van der Waals surface area contributed by atoms with Crippen molar-refractivity contribution in [3.63, 3.8) is 0 Å². The second-order valence-corrected chi connectivity index (χ2v) is 2.51. The van der Waals surface area contributed by atoms with Crippen LogP contribution in [0.3, 0.4) is 0 Å². The summed E-state index contributed by atoms with van der Waals surface area (Å²) in [5.41, 5.74) is 0. The second kappa shape index (κ2) is 9.94. The minimum Gasteiger partial charge on any atom is -0.481 e. The summed E-state index contributed by atoms with van der Waals surface area (Å²) in [7, 11) is 0. The summed E-state index contributed by atoms with van der Waals surface area (Å²) in [4.78, 5) is 19.3. The van der Waals surface area contributed by atoms with E-state index in [4.69, 9.17) is 20.4 Å². The Morgan fingerprint density at radius 1 is 1.29 bits per heavy atom. The Kier molecular flexibility index (Phi) is 10.9. The number of hydrogen-bond acceptors (Lipinski definition) is 4. The average Bonchev–Trinajstić information content (AvgIpc) is 2.05. The zero-order valence-corrected chi connectivity index (χ0v) is 8.01. The quantitative estimate of drug-likeness (QED) is 0.492. The molecule has 0 bridgehead atoms. The third kappa shape index (κ3) is 13.4. The van der Waals surface area contributed by atoms with E-state index in [2.05, 4.69) is 0 Å². The van der Waals surface area contributed by atoms with Crippen molar-refractivity contribution < 1.29 is 30.0 Å². The van der Waals surface area contributed by atoms with Crippen LogP contribution in [0.5, 0.6) is 0 Å². The van der Waals surface area contributed by atoms with Crippen molar-refractivity contribution >= 4 is 11.9 Å². The minimum atomic E-state index is -1.17. The standard InChI is InChI=1S/C5H10O3.C3H6O3/c1-2-3-4(6)5(7)8;4-2-1-3(5)6/h4,6H,2-3H2,1H3,(H,7,8);4H,1-2H2,(H,5,6). The van der Waals surface area contributed by atoms with Crippen molar-refractivity contribution in [1.82, 2.24) is 0 Å². The normalized spacial score (nSPS) is 11.1. The number of carboxylic acids is 2. The molecule has 0 aromatic carbocycles. The Bertz CT molecular complexity index is 167. The molecule has 1 unspecified atom stereocenters. The van der Waals surface area contributed by atoms with Crippen molar-refractivity contribution in [1.29, 1.82) is 0 Å². The first-order valence-corrected chi connectivity index (χ1v) is 4.19. The molecule has 0 aromatic heterocycles. The van der Waals surface area contributed by atoms with Crippen LogP contribution in [0.1, 0.15) is 26.2 Å². The number of aliphatic carboxylic acids is 2. The number of aliphatic hydroxyl groups is 2. The molecule has 14 heavy (non-hydrogen) atoms. The molecule has 4 N–H and O–H groups in total. The summed E-state index contributed by atoms with van der Waals surface area (Å²) in [6, 6.07) is 0. The lowest BCUT2D eigenvalue weighted by molar-refractivity contribution is -0.147. The predicted molar refractivity (Wildman–Crippen MR) is 47.9 cm³/mol. The number of hydrogen-bond donors (Lipinski definition) is 4. The Balaban J connectivity index is 0. The lowest BCUT2D eigenvalue weighted by atomic mass is 10.2. The van der Waals surface area contributed by atoms with E-state index in [1.54, 1.807) is 0 Å². The first-order chi connectivity index (χ1) is 6.45. The topological polar surface area (TPSA) is 115 Å². The van der Waals surface area contributed by atoms with E-state index in [1.807, 2.05) is 6.92 Å². The molecule has 0 spiro atoms. The van der Waals surface area contributed by atoms with E-state index >= 15 is 0 Å². The van der Waals surface area contributed by atoms with Gasteiger partial charge >= 0.3 is 11.9 Å². The van der Waals surface area contributed by atoms with E-state index in [0.717, 1.165) is 0 Å². The van der Waals surface area contributed by atoms with Crippen LogP contribution < -0.4 is 0 Å². The Morgan fingerprint density at radius 3 is 1.86 bits per heavy atom. The van der Waals surface area contributed by atoms with Gasteiger partial charge in [0.25, 0.3) is 0 Å². The molecule has 0 heterocycles. The number of aliphatic hydroxyl groups excluding tert-OH is 2. The monoisotopic (exact) mass is 208 g/mol. The molecular formula is C8H16O6. The van der Waals surface area contributed by atoms with Gasteiger partial charge in [-0.2, -0.15) is 0 Å². The van der Waals surface area contributed by atoms with Gasteiger partial charge in [-0.05, 0) is 6.42 Å². The molecular weight excluding hydrogens is 192 g/mol. The molecule has 6 heteroatoms. The first kappa shape index (κ1) is 15.3. The third-order valence-corrected chi connectivity index (χ3v) is 1.17. The molecule has 84 valence electrons. The Morgan fingerprint density at radius 2 is 1.79 bits per heavy atom. The van der Waals surface area contributed by atoms with Crippen LogP contribution in [0.2, 0.25) is 0 Å². The summed E-state index contributed by atoms with van der Waals surface area (Å²) in [5.74, 6) is -2.09. The molecule has 0 radical (unpaired) electrons. The highest BCUT2D eigenvalue weighted by molar-refractivity contribution is 5.71. The molecule has 0 aliphatic rings. The fourth-order valence-electron chi connectivity index (χ4n) is 0.493. The number of carbonyl (C=O) groups is 2. The van der Waals surface area contributed by atoms with Gasteiger partial charge in [-0.15, -0.1) is 0 Å². The maximum absolute atomic E-state index is 9.84. The van der Waals surface area contributed by atoms with Gasteiger partial charge in [0, 0.05) is 0 Å². The van der Waals surface area contributed by atoms with Crippen LogP contribution in [0, 0.1) is 0 Å². The van der Waals surface area contributed by atoms with Gasteiger partial charge in [-0.25, -0.2) is 4.79 Å². The van der Waals surface area contributed by atoms with Crippen molar-refractivity contribution in [2.24, 2.45) is 0 Å². The van der Waals surface area contributed by atoms with E-state index in [-0.39, 0.29) is 13.0 Å². The largest absolute Gasteiger partial charge is 0.481 e. The lowest BCUT2D eigenvalue weighted by Crippen LogP contribution is -2.18. The van der Waals surface area contributed by atoms with E-state index < -0.39 is 18.0 Å². The molecule has 1 atom stereocenters. The molecule has 0 fully saturated rings. The van der Waals surface area contributed by atoms with Crippen molar-refractivity contribution in [2.75, 3.05) is 6.61 Å². The Labute approximate surface area is 81.8 Å². The molecule has 0 aromatic rings. The number of rotatable bonds is 5. The van der Waals surface area contributed by atoms with Crippen LogP contribution >= 0.6 is 0 Å². The smallest absolute Gasteiger partial charge is 0.332 e.